The molecule has 0 saturated carbocycles. The van der Waals surface area contributed by atoms with E-state index < -0.39 is 0 Å². The Kier molecular flexibility index (Phi) is 14.7. The third kappa shape index (κ3) is 13.5. The maximum atomic E-state index is 11.8. The van der Waals surface area contributed by atoms with Crippen molar-refractivity contribution in [3.8, 4) is 0 Å². The van der Waals surface area contributed by atoms with Gasteiger partial charge in [-0.1, -0.05) is 114 Å². The summed E-state index contributed by atoms with van der Waals surface area (Å²) in [4.78, 5) is 11.8. The molecule has 152 valence electrons. The molecule has 1 aromatic rings. The SMILES string of the molecule is CCCCCCCCCCCCCCCC(=O)N/N=C\c1ccccc1Cl. The van der Waals surface area contributed by atoms with Crippen molar-refractivity contribution in [3.05, 3.63) is 34.9 Å². The van der Waals surface area contributed by atoms with Gasteiger partial charge in [-0.3, -0.25) is 4.79 Å². The third-order valence-electron chi connectivity index (χ3n) is 4.81. The Morgan fingerprint density at radius 2 is 1.41 bits per heavy atom. The number of hydrogen-bond donors (Lipinski definition) is 1. The van der Waals surface area contributed by atoms with Crippen LogP contribution in [0.1, 0.15) is 102 Å². The van der Waals surface area contributed by atoms with Crippen LogP contribution in [0.2, 0.25) is 5.02 Å². The van der Waals surface area contributed by atoms with Gasteiger partial charge in [-0.05, 0) is 12.5 Å². The van der Waals surface area contributed by atoms with Gasteiger partial charge in [0.1, 0.15) is 0 Å². The molecule has 0 aliphatic carbocycles. The average Bonchev–Trinajstić information content (AvgIpc) is 2.67. The van der Waals surface area contributed by atoms with E-state index in [4.69, 9.17) is 11.6 Å². The van der Waals surface area contributed by atoms with Crippen molar-refractivity contribution in [2.24, 2.45) is 5.10 Å². The number of nitrogens with one attached hydrogen (secondary N) is 1. The molecule has 0 aliphatic rings. The highest BCUT2D eigenvalue weighted by Gasteiger charge is 2.00. The molecular weight excluding hydrogens is 356 g/mol. The van der Waals surface area contributed by atoms with Gasteiger partial charge in [0.2, 0.25) is 5.91 Å². The summed E-state index contributed by atoms with van der Waals surface area (Å²) in [6.45, 7) is 2.27. The Labute approximate surface area is 171 Å². The van der Waals surface area contributed by atoms with Crippen molar-refractivity contribution in [2.75, 3.05) is 0 Å². The van der Waals surface area contributed by atoms with Gasteiger partial charge in [-0.2, -0.15) is 5.10 Å². The minimum atomic E-state index is -0.0265. The molecule has 27 heavy (non-hydrogen) atoms. The van der Waals surface area contributed by atoms with E-state index in [1.165, 1.54) is 70.6 Å². The van der Waals surface area contributed by atoms with Crippen LogP contribution in [0.5, 0.6) is 0 Å². The van der Waals surface area contributed by atoms with E-state index in [9.17, 15) is 4.79 Å². The van der Waals surface area contributed by atoms with Crippen LogP contribution in [0.15, 0.2) is 29.4 Å². The summed E-state index contributed by atoms with van der Waals surface area (Å²) in [5.41, 5.74) is 3.38. The molecule has 0 unspecified atom stereocenters. The zero-order valence-corrected chi connectivity index (χ0v) is 17.8. The number of unbranched alkanes of at least 4 members (excludes halogenated alkanes) is 12. The largest absolute Gasteiger partial charge is 0.273 e. The average molecular weight is 393 g/mol. The molecule has 0 atom stereocenters. The topological polar surface area (TPSA) is 41.5 Å². The smallest absolute Gasteiger partial charge is 0.240 e. The van der Waals surface area contributed by atoms with E-state index >= 15 is 0 Å². The van der Waals surface area contributed by atoms with E-state index in [0.717, 1.165) is 18.4 Å². The Morgan fingerprint density at radius 3 is 1.96 bits per heavy atom. The summed E-state index contributed by atoms with van der Waals surface area (Å²) >= 11 is 6.03. The van der Waals surface area contributed by atoms with Crippen LogP contribution >= 0.6 is 11.6 Å². The zero-order valence-electron chi connectivity index (χ0n) is 17.0. The Hall–Kier alpha value is -1.35. The van der Waals surface area contributed by atoms with Crippen LogP contribution in [0.3, 0.4) is 0 Å². The fourth-order valence-electron chi connectivity index (χ4n) is 3.11. The van der Waals surface area contributed by atoms with E-state index in [-0.39, 0.29) is 5.91 Å². The first-order valence-electron chi connectivity index (χ1n) is 10.8. The number of hydrazone groups is 1. The molecule has 0 aliphatic heterocycles. The molecule has 0 bridgehead atoms. The van der Waals surface area contributed by atoms with Crippen LogP contribution in [0.4, 0.5) is 0 Å². The van der Waals surface area contributed by atoms with Gasteiger partial charge in [-0.25, -0.2) is 5.43 Å². The summed E-state index contributed by atoms with van der Waals surface area (Å²) in [5.74, 6) is -0.0265. The first-order valence-corrected chi connectivity index (χ1v) is 11.2. The van der Waals surface area contributed by atoms with Crippen molar-refractivity contribution in [2.45, 2.75) is 96.8 Å². The fourth-order valence-corrected chi connectivity index (χ4v) is 3.30. The van der Waals surface area contributed by atoms with E-state index in [2.05, 4.69) is 17.5 Å². The number of carbonyl (C=O) groups is 1. The number of nitrogens with zero attached hydrogens (tertiary/aromatic N) is 1. The molecule has 0 saturated heterocycles. The highest BCUT2D eigenvalue weighted by atomic mass is 35.5. The summed E-state index contributed by atoms with van der Waals surface area (Å²) in [6, 6.07) is 7.43. The minimum absolute atomic E-state index is 0.0265. The summed E-state index contributed by atoms with van der Waals surface area (Å²) in [6.07, 6.45) is 19.2. The quantitative estimate of drug-likeness (QED) is 0.179. The molecule has 1 rings (SSSR count). The Balaban J connectivity index is 1.89. The lowest BCUT2D eigenvalue weighted by Crippen LogP contribution is -2.16. The molecule has 3 nitrogen and oxygen atoms in total. The standard InChI is InChI=1S/C23H37ClN2O/c1-2-3-4-5-6-7-8-9-10-11-12-13-14-19-23(27)26-25-20-21-17-15-16-18-22(21)24/h15-18,20H,2-14,19H2,1H3,(H,26,27)/b25-20-. The molecule has 1 N–H and O–H groups in total. The third-order valence-corrected chi connectivity index (χ3v) is 5.15. The first kappa shape index (κ1) is 23.7. The molecule has 0 radical (unpaired) electrons. The lowest BCUT2D eigenvalue weighted by Gasteiger charge is -2.03. The van der Waals surface area contributed by atoms with Gasteiger partial charge in [0.25, 0.3) is 0 Å². The minimum Gasteiger partial charge on any atom is -0.273 e. The van der Waals surface area contributed by atoms with Gasteiger partial charge >= 0.3 is 0 Å². The number of carbonyl (C=O) groups excluding carboxylic acids is 1. The number of hydrogen-bond acceptors (Lipinski definition) is 2. The van der Waals surface area contributed by atoms with Crippen molar-refractivity contribution >= 4 is 23.7 Å². The molecule has 0 fully saturated rings. The number of halogens is 1. The van der Waals surface area contributed by atoms with Gasteiger partial charge in [0.15, 0.2) is 0 Å². The number of benzene rings is 1. The van der Waals surface area contributed by atoms with Crippen LogP contribution < -0.4 is 5.43 Å². The second-order valence-electron chi connectivity index (χ2n) is 7.31. The van der Waals surface area contributed by atoms with Crippen molar-refractivity contribution in [1.82, 2.24) is 5.43 Å². The Morgan fingerprint density at radius 1 is 0.889 bits per heavy atom. The lowest BCUT2D eigenvalue weighted by molar-refractivity contribution is -0.121. The highest BCUT2D eigenvalue weighted by Crippen LogP contribution is 2.13. The van der Waals surface area contributed by atoms with E-state index in [1.807, 2.05) is 18.2 Å². The fraction of sp³-hybridized carbons (Fsp3) is 0.652. The second kappa shape index (κ2) is 16.8. The van der Waals surface area contributed by atoms with Gasteiger partial charge in [0.05, 0.1) is 6.21 Å². The molecule has 0 heterocycles. The van der Waals surface area contributed by atoms with Gasteiger partial charge in [0, 0.05) is 17.0 Å². The van der Waals surface area contributed by atoms with E-state index in [1.54, 1.807) is 12.3 Å². The molecule has 1 amide bonds. The van der Waals surface area contributed by atoms with Crippen LogP contribution in [-0.2, 0) is 4.79 Å². The Bertz CT molecular complexity index is 531. The van der Waals surface area contributed by atoms with Crippen LogP contribution in [0, 0.1) is 0 Å². The monoisotopic (exact) mass is 392 g/mol. The molecule has 0 aromatic heterocycles. The van der Waals surface area contributed by atoms with E-state index in [0.29, 0.717) is 11.4 Å². The maximum Gasteiger partial charge on any atom is 0.240 e. The normalized spacial score (nSPS) is 11.2. The van der Waals surface area contributed by atoms with Gasteiger partial charge in [-0.15, -0.1) is 0 Å². The summed E-state index contributed by atoms with van der Waals surface area (Å²) in [7, 11) is 0. The summed E-state index contributed by atoms with van der Waals surface area (Å²) < 4.78 is 0. The van der Waals surface area contributed by atoms with Crippen molar-refractivity contribution < 1.29 is 4.79 Å². The summed E-state index contributed by atoms with van der Waals surface area (Å²) in [5, 5.41) is 4.61. The molecular formula is C23H37ClN2O. The molecule has 1 aromatic carbocycles. The lowest BCUT2D eigenvalue weighted by atomic mass is 10.0. The first-order chi connectivity index (χ1) is 13.2. The highest BCUT2D eigenvalue weighted by molar-refractivity contribution is 6.33. The number of amides is 1. The van der Waals surface area contributed by atoms with Crippen molar-refractivity contribution in [3.63, 3.8) is 0 Å². The van der Waals surface area contributed by atoms with Crippen LogP contribution in [-0.4, -0.2) is 12.1 Å². The molecule has 4 heteroatoms. The second-order valence-corrected chi connectivity index (χ2v) is 7.71. The van der Waals surface area contributed by atoms with Crippen molar-refractivity contribution in [1.29, 1.82) is 0 Å². The predicted molar refractivity (Wildman–Crippen MR) is 118 cm³/mol. The maximum absolute atomic E-state index is 11.8. The molecule has 0 spiro atoms. The predicted octanol–water partition coefficient (Wildman–Crippen LogP) is 7.27. The zero-order chi connectivity index (χ0) is 19.6. The number of rotatable bonds is 16. The van der Waals surface area contributed by atoms with Crippen LogP contribution in [0.25, 0.3) is 0 Å². The van der Waals surface area contributed by atoms with Gasteiger partial charge < -0.3 is 0 Å².